The van der Waals surface area contributed by atoms with Gasteiger partial charge in [0.15, 0.2) is 0 Å². The Morgan fingerprint density at radius 3 is 2.50 bits per heavy atom. The van der Waals surface area contributed by atoms with Gasteiger partial charge in [-0.3, -0.25) is 13.9 Å². The Morgan fingerprint density at radius 1 is 1.13 bits per heavy atom. The summed E-state index contributed by atoms with van der Waals surface area (Å²) in [6, 6.07) is 13.8. The average molecular weight is 432 g/mol. The van der Waals surface area contributed by atoms with E-state index in [4.69, 9.17) is 0 Å². The maximum absolute atomic E-state index is 12.3. The van der Waals surface area contributed by atoms with Gasteiger partial charge in [-0.25, -0.2) is 8.42 Å². The lowest BCUT2D eigenvalue weighted by Gasteiger charge is -2.29. The third-order valence-corrected chi connectivity index (χ3v) is 6.19. The lowest BCUT2D eigenvalue weighted by molar-refractivity contribution is -0.136. The molecule has 9 heteroatoms. The van der Waals surface area contributed by atoms with Gasteiger partial charge in [0.25, 0.3) is 0 Å². The van der Waals surface area contributed by atoms with Crippen LogP contribution in [0.25, 0.3) is 0 Å². The first-order chi connectivity index (χ1) is 14.1. The first-order valence-electron chi connectivity index (χ1n) is 9.56. The number of benzene rings is 2. The van der Waals surface area contributed by atoms with Gasteiger partial charge < -0.3 is 15.7 Å². The molecular formula is C21H25N3O5S. The summed E-state index contributed by atoms with van der Waals surface area (Å²) < 4.78 is 25.4. The molecule has 0 radical (unpaired) electrons. The highest BCUT2D eigenvalue weighted by Crippen LogP contribution is 2.31. The molecule has 2 aromatic rings. The molecule has 160 valence electrons. The van der Waals surface area contributed by atoms with Crippen LogP contribution in [0.3, 0.4) is 0 Å². The summed E-state index contributed by atoms with van der Waals surface area (Å²) in [5.74, 6) is -1.80. The quantitative estimate of drug-likeness (QED) is 0.619. The molecule has 0 saturated heterocycles. The average Bonchev–Trinajstić information content (AvgIpc) is 2.71. The maximum atomic E-state index is 12.3. The summed E-state index contributed by atoms with van der Waals surface area (Å²) in [4.78, 5) is 24.5. The lowest BCUT2D eigenvalue weighted by Crippen LogP contribution is -2.43. The number of carbonyl (C=O) groups is 2. The fourth-order valence-corrected chi connectivity index (χ4v) is 4.37. The minimum absolute atomic E-state index is 0.144. The number of nitrogens with zero attached hydrogens (tertiary/aromatic N) is 1. The molecule has 2 aromatic carbocycles. The monoisotopic (exact) mass is 431 g/mol. The van der Waals surface area contributed by atoms with Crippen LogP contribution >= 0.6 is 0 Å². The number of aliphatic hydroxyl groups is 1. The van der Waals surface area contributed by atoms with E-state index in [0.29, 0.717) is 23.5 Å². The summed E-state index contributed by atoms with van der Waals surface area (Å²) in [6.45, 7) is 1.78. The van der Waals surface area contributed by atoms with Crippen LogP contribution in [-0.2, 0) is 31.6 Å². The zero-order valence-electron chi connectivity index (χ0n) is 16.9. The molecule has 0 aliphatic carbocycles. The van der Waals surface area contributed by atoms with E-state index in [9.17, 15) is 23.1 Å². The Balaban J connectivity index is 1.67. The van der Waals surface area contributed by atoms with Gasteiger partial charge in [0.1, 0.15) is 5.60 Å². The molecule has 1 atom stereocenters. The molecule has 0 saturated carbocycles. The fraction of sp³-hybridized carbons (Fsp3) is 0.333. The molecule has 0 fully saturated rings. The Kier molecular flexibility index (Phi) is 6.14. The van der Waals surface area contributed by atoms with E-state index in [1.807, 2.05) is 6.07 Å². The zero-order valence-corrected chi connectivity index (χ0v) is 17.7. The van der Waals surface area contributed by atoms with Crippen molar-refractivity contribution >= 4 is 33.2 Å². The van der Waals surface area contributed by atoms with E-state index in [-0.39, 0.29) is 6.54 Å². The van der Waals surface area contributed by atoms with E-state index < -0.39 is 27.4 Å². The molecule has 1 aliphatic rings. The van der Waals surface area contributed by atoms with Crippen molar-refractivity contribution in [3.63, 3.8) is 0 Å². The van der Waals surface area contributed by atoms with E-state index in [1.165, 1.54) is 4.31 Å². The van der Waals surface area contributed by atoms with Gasteiger partial charge in [-0.15, -0.1) is 0 Å². The molecule has 0 spiro atoms. The van der Waals surface area contributed by atoms with Crippen molar-refractivity contribution in [2.75, 3.05) is 29.0 Å². The van der Waals surface area contributed by atoms with Crippen LogP contribution < -0.4 is 14.9 Å². The Bertz CT molecular complexity index is 1050. The molecule has 3 N–H and O–H groups in total. The first kappa shape index (κ1) is 21.8. The summed E-state index contributed by atoms with van der Waals surface area (Å²) in [6.07, 6.45) is 2.60. The van der Waals surface area contributed by atoms with Crippen molar-refractivity contribution < 1.29 is 23.1 Å². The predicted molar refractivity (Wildman–Crippen MR) is 115 cm³/mol. The molecule has 2 amide bonds. The van der Waals surface area contributed by atoms with Gasteiger partial charge in [0.05, 0.1) is 18.5 Å². The Hall–Kier alpha value is -2.91. The number of rotatable bonds is 5. The molecule has 1 aliphatic heterocycles. The van der Waals surface area contributed by atoms with Crippen LogP contribution in [0.15, 0.2) is 48.5 Å². The molecular weight excluding hydrogens is 406 g/mol. The summed E-state index contributed by atoms with van der Waals surface area (Å²) in [7, 11) is -3.44. The van der Waals surface area contributed by atoms with Crippen LogP contribution in [0, 0.1) is 0 Å². The smallest absolute Gasteiger partial charge is 0.313 e. The normalized spacial score (nSPS) is 15.6. The van der Waals surface area contributed by atoms with E-state index in [2.05, 4.69) is 10.6 Å². The van der Waals surface area contributed by atoms with Crippen molar-refractivity contribution in [2.45, 2.75) is 25.4 Å². The van der Waals surface area contributed by atoms with Crippen molar-refractivity contribution in [2.24, 2.45) is 0 Å². The van der Waals surface area contributed by atoms with Crippen molar-refractivity contribution in [3.05, 3.63) is 59.7 Å². The van der Waals surface area contributed by atoms with E-state index in [1.54, 1.807) is 49.4 Å². The molecule has 1 heterocycles. The number of sulfonamides is 1. The topological polar surface area (TPSA) is 116 Å². The minimum Gasteiger partial charge on any atom is -0.384 e. The minimum atomic E-state index is -3.44. The van der Waals surface area contributed by atoms with Crippen LogP contribution in [0.5, 0.6) is 0 Å². The Morgan fingerprint density at radius 2 is 1.83 bits per heavy atom. The predicted octanol–water partition coefficient (Wildman–Crippen LogP) is 1.36. The highest BCUT2D eigenvalue weighted by molar-refractivity contribution is 7.92. The third-order valence-electron chi connectivity index (χ3n) is 5.01. The second-order valence-electron chi connectivity index (χ2n) is 7.56. The van der Waals surface area contributed by atoms with Crippen LogP contribution in [0.2, 0.25) is 0 Å². The number of hydrogen-bond acceptors (Lipinski definition) is 5. The van der Waals surface area contributed by atoms with Gasteiger partial charge in [0, 0.05) is 12.2 Å². The molecule has 0 aromatic heterocycles. The number of fused-ring (bicyclic) bond motifs is 1. The van der Waals surface area contributed by atoms with Crippen LogP contribution in [0.4, 0.5) is 11.4 Å². The number of nitrogens with one attached hydrogen (secondary N) is 2. The van der Waals surface area contributed by atoms with Gasteiger partial charge >= 0.3 is 11.8 Å². The largest absolute Gasteiger partial charge is 0.384 e. The van der Waals surface area contributed by atoms with Crippen molar-refractivity contribution in [1.29, 1.82) is 0 Å². The van der Waals surface area contributed by atoms with Crippen molar-refractivity contribution in [3.8, 4) is 0 Å². The number of amides is 2. The first-order valence-corrected chi connectivity index (χ1v) is 11.4. The number of anilines is 2. The van der Waals surface area contributed by atoms with Gasteiger partial charge in [-0.2, -0.15) is 0 Å². The summed E-state index contributed by atoms with van der Waals surface area (Å²) in [5.41, 5.74) is 0.974. The van der Waals surface area contributed by atoms with Crippen LogP contribution in [0.1, 0.15) is 24.5 Å². The summed E-state index contributed by atoms with van der Waals surface area (Å²) >= 11 is 0. The molecule has 1 unspecified atom stereocenters. The maximum Gasteiger partial charge on any atom is 0.313 e. The number of carbonyl (C=O) groups excluding carboxylic acids is 2. The highest BCUT2D eigenvalue weighted by atomic mass is 32.2. The zero-order chi connectivity index (χ0) is 21.9. The van der Waals surface area contributed by atoms with Crippen LogP contribution in [-0.4, -0.2) is 44.7 Å². The molecule has 8 nitrogen and oxygen atoms in total. The summed E-state index contributed by atoms with van der Waals surface area (Å²) in [5, 5.41) is 15.5. The SMILES string of the molecule is CC(O)(CNC(=O)C(=O)Nc1ccc2c(c1)N(S(C)(=O)=O)CCC2)c1ccccc1. The number of hydrogen-bond donors (Lipinski definition) is 3. The van der Waals surface area contributed by atoms with Crippen molar-refractivity contribution in [1.82, 2.24) is 5.32 Å². The third kappa shape index (κ3) is 4.98. The van der Waals surface area contributed by atoms with E-state index >= 15 is 0 Å². The van der Waals surface area contributed by atoms with Gasteiger partial charge in [-0.1, -0.05) is 36.4 Å². The second-order valence-corrected chi connectivity index (χ2v) is 9.47. The van der Waals surface area contributed by atoms with E-state index in [0.717, 1.165) is 24.7 Å². The van der Waals surface area contributed by atoms with Gasteiger partial charge in [0.2, 0.25) is 10.0 Å². The van der Waals surface area contributed by atoms with Gasteiger partial charge in [-0.05, 0) is 43.0 Å². The lowest BCUT2D eigenvalue weighted by atomic mass is 9.96. The number of aryl methyl sites for hydroxylation is 1. The molecule has 30 heavy (non-hydrogen) atoms. The Labute approximate surface area is 176 Å². The standard InChI is InChI=1S/C21H25N3O5S/c1-21(27,16-8-4-3-5-9-16)14-22-19(25)20(26)23-17-11-10-15-7-6-12-24(18(15)13-17)30(2,28)29/h3-5,8-11,13,27H,6-7,12,14H2,1-2H3,(H,22,25)(H,23,26). The fourth-order valence-electron chi connectivity index (χ4n) is 3.38. The molecule has 3 rings (SSSR count). The second kappa shape index (κ2) is 8.45. The molecule has 0 bridgehead atoms. The highest BCUT2D eigenvalue weighted by Gasteiger charge is 2.27.